The van der Waals surface area contributed by atoms with Gasteiger partial charge in [-0.15, -0.1) is 0 Å². The number of amides is 1. The van der Waals surface area contributed by atoms with Crippen LogP contribution in [-0.2, 0) is 11.3 Å². The highest BCUT2D eigenvalue weighted by Crippen LogP contribution is 2.18. The summed E-state index contributed by atoms with van der Waals surface area (Å²) in [6.07, 6.45) is 3.49. The van der Waals surface area contributed by atoms with E-state index >= 15 is 0 Å². The number of anilines is 1. The van der Waals surface area contributed by atoms with Crippen molar-refractivity contribution in [2.75, 3.05) is 5.32 Å². The topological polar surface area (TPSA) is 50.0 Å². The van der Waals surface area contributed by atoms with Gasteiger partial charge in [0.05, 0.1) is 0 Å². The molecule has 0 aliphatic carbocycles. The zero-order valence-electron chi connectivity index (χ0n) is 15.2. The quantitative estimate of drug-likeness (QED) is 0.428. The van der Waals surface area contributed by atoms with Gasteiger partial charge in [0.2, 0.25) is 6.54 Å². The number of rotatable bonds is 5. The van der Waals surface area contributed by atoms with E-state index in [-0.39, 0.29) is 18.2 Å². The molecule has 1 heterocycles. The van der Waals surface area contributed by atoms with Crippen molar-refractivity contribution < 1.29 is 14.2 Å². The third-order valence-electron chi connectivity index (χ3n) is 4.55. The summed E-state index contributed by atoms with van der Waals surface area (Å²) in [5, 5.41) is 5.13. The number of benzene rings is 3. The molecular formula is C24H19N2O2+. The molecule has 1 aromatic heterocycles. The van der Waals surface area contributed by atoms with Crippen molar-refractivity contribution in [2.24, 2.45) is 0 Å². The van der Waals surface area contributed by atoms with Gasteiger partial charge in [-0.2, -0.15) is 4.57 Å². The molecule has 4 nitrogen and oxygen atoms in total. The van der Waals surface area contributed by atoms with Crippen LogP contribution in [0.2, 0.25) is 0 Å². The normalized spacial score (nSPS) is 10.6. The Hall–Kier alpha value is -3.79. The van der Waals surface area contributed by atoms with Gasteiger partial charge >= 0.3 is 0 Å². The van der Waals surface area contributed by atoms with E-state index in [0.717, 1.165) is 16.5 Å². The molecule has 0 radical (unpaired) electrons. The van der Waals surface area contributed by atoms with Crippen LogP contribution in [0.1, 0.15) is 15.9 Å². The van der Waals surface area contributed by atoms with Gasteiger partial charge in [-0.1, -0.05) is 60.7 Å². The fraction of sp³-hybridized carbons (Fsp3) is 0.0417. The monoisotopic (exact) mass is 367 g/mol. The number of carbonyl (C=O) groups excluding carboxylic acids is 2. The van der Waals surface area contributed by atoms with Crippen molar-refractivity contribution in [3.05, 3.63) is 108 Å². The number of ketones is 1. The van der Waals surface area contributed by atoms with Crippen molar-refractivity contribution in [3.63, 3.8) is 0 Å². The Morgan fingerprint density at radius 1 is 0.714 bits per heavy atom. The summed E-state index contributed by atoms with van der Waals surface area (Å²) in [5.41, 5.74) is 2.01. The predicted molar refractivity (Wildman–Crippen MR) is 109 cm³/mol. The first-order valence-electron chi connectivity index (χ1n) is 9.06. The maximum atomic E-state index is 12.4. The molecule has 0 saturated carbocycles. The van der Waals surface area contributed by atoms with Crippen LogP contribution in [-0.4, -0.2) is 11.7 Å². The number of aromatic nitrogens is 1. The van der Waals surface area contributed by atoms with Crippen molar-refractivity contribution in [1.29, 1.82) is 0 Å². The van der Waals surface area contributed by atoms with Gasteiger partial charge in [-0.25, -0.2) is 0 Å². The molecule has 0 fully saturated rings. The van der Waals surface area contributed by atoms with Crippen LogP contribution in [0.3, 0.4) is 0 Å². The number of hydrogen-bond acceptors (Lipinski definition) is 2. The maximum Gasteiger partial charge on any atom is 0.290 e. The number of nitrogens with one attached hydrogen (secondary N) is 1. The lowest BCUT2D eigenvalue weighted by atomic mass is 10.0. The summed E-state index contributed by atoms with van der Waals surface area (Å²) >= 11 is 0. The van der Waals surface area contributed by atoms with Gasteiger partial charge < -0.3 is 5.32 Å². The van der Waals surface area contributed by atoms with Crippen molar-refractivity contribution in [1.82, 2.24) is 0 Å². The first-order chi connectivity index (χ1) is 13.7. The molecule has 0 aliphatic rings. The first-order valence-corrected chi connectivity index (χ1v) is 9.06. The van der Waals surface area contributed by atoms with Crippen LogP contribution in [0.5, 0.6) is 0 Å². The van der Waals surface area contributed by atoms with E-state index in [2.05, 4.69) is 5.32 Å². The number of hydrogen-bond donors (Lipinski definition) is 1. The van der Waals surface area contributed by atoms with Crippen LogP contribution >= 0.6 is 0 Å². The molecule has 4 heteroatoms. The van der Waals surface area contributed by atoms with E-state index in [1.807, 2.05) is 60.7 Å². The molecule has 0 saturated heterocycles. The highest BCUT2D eigenvalue weighted by molar-refractivity contribution is 6.08. The third kappa shape index (κ3) is 3.96. The Morgan fingerprint density at radius 2 is 1.36 bits per heavy atom. The van der Waals surface area contributed by atoms with Gasteiger partial charge in [-0.3, -0.25) is 9.59 Å². The third-order valence-corrected chi connectivity index (χ3v) is 4.55. The summed E-state index contributed by atoms with van der Waals surface area (Å²) in [6.45, 7) is 0.173. The van der Waals surface area contributed by atoms with Crippen molar-refractivity contribution in [3.8, 4) is 0 Å². The van der Waals surface area contributed by atoms with E-state index in [1.165, 1.54) is 0 Å². The van der Waals surface area contributed by atoms with Crippen molar-refractivity contribution >= 4 is 28.2 Å². The summed E-state index contributed by atoms with van der Waals surface area (Å²) in [5.74, 6) is -0.157. The molecular weight excluding hydrogens is 348 g/mol. The van der Waals surface area contributed by atoms with Crippen LogP contribution in [0.25, 0.3) is 10.8 Å². The molecule has 28 heavy (non-hydrogen) atoms. The number of nitrogens with zero attached hydrogens (tertiary/aromatic N) is 1. The zero-order chi connectivity index (χ0) is 19.3. The van der Waals surface area contributed by atoms with Crippen LogP contribution in [0, 0.1) is 0 Å². The first kappa shape index (κ1) is 17.6. The minimum Gasteiger partial charge on any atom is -0.321 e. The number of pyridine rings is 1. The molecule has 0 aliphatic heterocycles. The summed E-state index contributed by atoms with van der Waals surface area (Å²) in [6, 6.07) is 26.5. The maximum absolute atomic E-state index is 12.4. The van der Waals surface area contributed by atoms with Gasteiger partial charge in [-0.05, 0) is 22.9 Å². The van der Waals surface area contributed by atoms with Gasteiger partial charge in [0, 0.05) is 28.9 Å². The lowest BCUT2D eigenvalue weighted by Crippen LogP contribution is -2.39. The van der Waals surface area contributed by atoms with Gasteiger partial charge in [0.25, 0.3) is 5.91 Å². The molecule has 0 atom stereocenters. The second-order valence-corrected chi connectivity index (χ2v) is 6.56. The Morgan fingerprint density at radius 3 is 2.11 bits per heavy atom. The Bertz CT molecular complexity index is 1140. The number of fused-ring (bicyclic) bond motifs is 1. The van der Waals surface area contributed by atoms with E-state index in [9.17, 15) is 9.59 Å². The van der Waals surface area contributed by atoms with E-state index in [1.54, 1.807) is 41.2 Å². The molecule has 0 unspecified atom stereocenters. The largest absolute Gasteiger partial charge is 0.321 e. The Labute approximate surface area is 163 Å². The minimum atomic E-state index is -0.123. The highest BCUT2D eigenvalue weighted by Gasteiger charge is 2.13. The van der Waals surface area contributed by atoms with Crippen LogP contribution < -0.4 is 9.88 Å². The molecule has 4 aromatic rings. The van der Waals surface area contributed by atoms with Gasteiger partial charge in [0.1, 0.15) is 0 Å². The fourth-order valence-corrected chi connectivity index (χ4v) is 3.10. The average molecular weight is 367 g/mol. The molecule has 0 spiro atoms. The molecule has 3 aromatic carbocycles. The lowest BCUT2D eigenvalue weighted by molar-refractivity contribution is -0.684. The molecule has 0 bridgehead atoms. The fourth-order valence-electron chi connectivity index (χ4n) is 3.10. The summed E-state index contributed by atoms with van der Waals surface area (Å²) in [4.78, 5) is 24.8. The highest BCUT2D eigenvalue weighted by atomic mass is 16.2. The predicted octanol–water partition coefficient (Wildman–Crippen LogP) is 4.00. The second kappa shape index (κ2) is 7.84. The number of carbonyl (C=O) groups is 2. The standard InChI is InChI=1S/C24H18N2O2/c27-23(25-22-11-10-18-6-4-5-9-21(18)16-22)17-26-14-12-20(13-15-26)24(28)19-7-2-1-3-8-19/h1-16H,17H2/p+1. The van der Waals surface area contributed by atoms with Crippen LogP contribution in [0.15, 0.2) is 97.3 Å². The Kier molecular flexibility index (Phi) is 4.93. The van der Waals surface area contributed by atoms with E-state index in [0.29, 0.717) is 11.1 Å². The van der Waals surface area contributed by atoms with Gasteiger partial charge in [0.15, 0.2) is 18.2 Å². The minimum absolute atomic E-state index is 0.0339. The lowest BCUT2D eigenvalue weighted by Gasteiger charge is -2.05. The SMILES string of the molecule is O=C(C[n+]1ccc(C(=O)c2ccccc2)cc1)Nc1ccc2ccccc2c1. The summed E-state index contributed by atoms with van der Waals surface area (Å²) in [7, 11) is 0. The molecule has 1 amide bonds. The molecule has 136 valence electrons. The molecule has 1 N–H and O–H groups in total. The Balaban J connectivity index is 1.42. The molecule has 4 rings (SSSR count). The van der Waals surface area contributed by atoms with Crippen LogP contribution in [0.4, 0.5) is 5.69 Å². The van der Waals surface area contributed by atoms with E-state index < -0.39 is 0 Å². The van der Waals surface area contributed by atoms with Crippen molar-refractivity contribution in [2.45, 2.75) is 6.54 Å². The average Bonchev–Trinajstić information content (AvgIpc) is 2.74. The van der Waals surface area contributed by atoms with E-state index in [4.69, 9.17) is 0 Å². The zero-order valence-corrected chi connectivity index (χ0v) is 15.2. The second-order valence-electron chi connectivity index (χ2n) is 6.56. The smallest absolute Gasteiger partial charge is 0.290 e. The summed E-state index contributed by atoms with van der Waals surface area (Å²) < 4.78 is 1.75.